The molecule has 0 radical (unpaired) electrons. The number of rotatable bonds is 6. The molecule has 0 aromatic rings. The van der Waals surface area contributed by atoms with Gasteiger partial charge in [0.1, 0.15) is 17.6 Å². The minimum absolute atomic E-state index is 0.0680. The van der Waals surface area contributed by atoms with Gasteiger partial charge in [-0.15, -0.1) is 6.58 Å². The van der Waals surface area contributed by atoms with E-state index in [2.05, 4.69) is 11.9 Å². The first kappa shape index (κ1) is 20.4. The molecule has 0 aliphatic carbocycles. The van der Waals surface area contributed by atoms with Crippen molar-refractivity contribution < 1.29 is 34.1 Å². The van der Waals surface area contributed by atoms with Crippen molar-refractivity contribution in [1.29, 1.82) is 0 Å². The monoisotopic (exact) mass is 381 g/mol. The lowest BCUT2D eigenvalue weighted by Crippen LogP contribution is -2.45. The summed E-state index contributed by atoms with van der Waals surface area (Å²) in [5, 5.41) is 23.6. The van der Waals surface area contributed by atoms with Gasteiger partial charge < -0.3 is 20.3 Å². The molecule has 1 fully saturated rings. The van der Waals surface area contributed by atoms with Gasteiger partial charge in [0.15, 0.2) is 0 Å². The number of fused-ring (bicyclic) bond motifs is 1. The molecule has 27 heavy (non-hydrogen) atoms. The topological polar surface area (TPSA) is 136 Å². The van der Waals surface area contributed by atoms with Crippen molar-refractivity contribution in [2.24, 2.45) is 5.92 Å². The predicted molar refractivity (Wildman–Crippen MR) is 92.2 cm³/mol. The SMILES string of the molecule is C=CC(C(=O)O)C1=C(CC(=O)O)CN2C[C@H](NC(=O)OC(C)(C)C)C(=O)N12. The van der Waals surface area contributed by atoms with E-state index in [1.54, 1.807) is 20.8 Å². The Balaban J connectivity index is 2.27. The third kappa shape index (κ3) is 4.45. The first-order chi connectivity index (χ1) is 12.4. The molecule has 2 aliphatic heterocycles. The zero-order chi connectivity index (χ0) is 20.5. The van der Waals surface area contributed by atoms with E-state index in [9.17, 15) is 24.3 Å². The maximum atomic E-state index is 12.8. The van der Waals surface area contributed by atoms with Crippen molar-refractivity contribution in [3.63, 3.8) is 0 Å². The summed E-state index contributed by atoms with van der Waals surface area (Å²) in [4.78, 5) is 47.4. The van der Waals surface area contributed by atoms with Crippen LogP contribution in [-0.4, -0.2) is 68.9 Å². The standard InChI is InChI=1S/C17H23N3O7/c1-5-10(15(24)25)13-9(6-12(21)22)7-19-8-11(14(23)20(13)19)18-16(26)27-17(2,3)4/h5,10-11H,1,6-8H2,2-4H3,(H,18,26)(H,21,22)(H,24,25)/t10?,11-/m0/s1. The van der Waals surface area contributed by atoms with Gasteiger partial charge in [-0.1, -0.05) is 6.08 Å². The number of ether oxygens (including phenoxy) is 1. The highest BCUT2D eigenvalue weighted by atomic mass is 16.6. The minimum atomic E-state index is -1.25. The molecule has 0 aromatic carbocycles. The molecule has 2 heterocycles. The minimum Gasteiger partial charge on any atom is -0.481 e. The van der Waals surface area contributed by atoms with Crippen molar-refractivity contribution >= 4 is 23.9 Å². The highest BCUT2D eigenvalue weighted by Gasteiger charge is 2.48. The number of hydrazine groups is 1. The number of carboxylic acids is 2. The van der Waals surface area contributed by atoms with E-state index in [0.29, 0.717) is 5.57 Å². The van der Waals surface area contributed by atoms with Crippen LogP contribution in [-0.2, 0) is 19.1 Å². The quantitative estimate of drug-likeness (QED) is 0.568. The molecular formula is C17H23N3O7. The van der Waals surface area contributed by atoms with Crippen molar-refractivity contribution in [2.45, 2.75) is 38.8 Å². The Morgan fingerprint density at radius 2 is 2.00 bits per heavy atom. The molecule has 2 amide bonds. The molecule has 10 heteroatoms. The number of hydrogen-bond acceptors (Lipinski definition) is 6. The van der Waals surface area contributed by atoms with Crippen LogP contribution in [0.1, 0.15) is 27.2 Å². The predicted octanol–water partition coefficient (Wildman–Crippen LogP) is 0.568. The number of alkyl carbamates (subject to hydrolysis) is 1. The van der Waals surface area contributed by atoms with Crippen LogP contribution in [0.3, 0.4) is 0 Å². The summed E-state index contributed by atoms with van der Waals surface area (Å²) in [7, 11) is 0. The number of amides is 2. The average Bonchev–Trinajstić information content (AvgIpc) is 2.95. The number of nitrogens with one attached hydrogen (secondary N) is 1. The van der Waals surface area contributed by atoms with Crippen molar-refractivity contribution in [3.05, 3.63) is 23.9 Å². The van der Waals surface area contributed by atoms with Crippen LogP contribution in [0.5, 0.6) is 0 Å². The van der Waals surface area contributed by atoms with Gasteiger partial charge in [0.2, 0.25) is 0 Å². The Labute approximate surface area is 156 Å². The Morgan fingerprint density at radius 1 is 1.37 bits per heavy atom. The Bertz CT molecular complexity index is 723. The van der Waals surface area contributed by atoms with Crippen LogP contribution in [0.15, 0.2) is 23.9 Å². The maximum Gasteiger partial charge on any atom is 0.408 e. The number of aliphatic carboxylic acids is 2. The van der Waals surface area contributed by atoms with Gasteiger partial charge in [-0.05, 0) is 26.3 Å². The second-order valence-electron chi connectivity index (χ2n) is 7.31. The van der Waals surface area contributed by atoms with Crippen molar-refractivity contribution in [1.82, 2.24) is 15.3 Å². The van der Waals surface area contributed by atoms with E-state index in [4.69, 9.17) is 9.84 Å². The van der Waals surface area contributed by atoms with Gasteiger partial charge in [0.25, 0.3) is 5.91 Å². The number of carbonyl (C=O) groups is 4. The lowest BCUT2D eigenvalue weighted by atomic mass is 9.98. The van der Waals surface area contributed by atoms with Gasteiger partial charge in [0.05, 0.1) is 12.1 Å². The second kappa shape index (κ2) is 7.39. The molecule has 2 rings (SSSR count). The van der Waals surface area contributed by atoms with Gasteiger partial charge >= 0.3 is 18.0 Å². The van der Waals surface area contributed by atoms with Crippen molar-refractivity contribution in [2.75, 3.05) is 13.1 Å². The highest BCUT2D eigenvalue weighted by molar-refractivity contribution is 5.91. The molecule has 0 saturated carbocycles. The first-order valence-electron chi connectivity index (χ1n) is 8.32. The van der Waals surface area contributed by atoms with Crippen LogP contribution < -0.4 is 5.32 Å². The summed E-state index contributed by atoms with van der Waals surface area (Å²) in [5.41, 5.74) is -0.351. The van der Waals surface area contributed by atoms with Crippen LogP contribution in [0, 0.1) is 5.92 Å². The molecule has 3 N–H and O–H groups in total. The molecular weight excluding hydrogens is 358 g/mol. The van der Waals surface area contributed by atoms with Crippen LogP contribution in [0.25, 0.3) is 0 Å². The zero-order valence-corrected chi connectivity index (χ0v) is 15.4. The van der Waals surface area contributed by atoms with E-state index >= 15 is 0 Å². The zero-order valence-electron chi connectivity index (χ0n) is 15.4. The van der Waals surface area contributed by atoms with E-state index < -0.39 is 47.9 Å². The van der Waals surface area contributed by atoms with Crippen LogP contribution in [0.2, 0.25) is 0 Å². The fourth-order valence-electron chi connectivity index (χ4n) is 3.08. The smallest absolute Gasteiger partial charge is 0.408 e. The molecule has 1 unspecified atom stereocenters. The average molecular weight is 381 g/mol. The maximum absolute atomic E-state index is 12.8. The summed E-state index contributed by atoms with van der Waals surface area (Å²) >= 11 is 0. The fraction of sp³-hybridized carbons (Fsp3) is 0.529. The van der Waals surface area contributed by atoms with E-state index in [1.807, 2.05) is 0 Å². The summed E-state index contributed by atoms with van der Waals surface area (Å²) < 4.78 is 5.14. The van der Waals surface area contributed by atoms with Crippen molar-refractivity contribution in [3.8, 4) is 0 Å². The second-order valence-corrected chi connectivity index (χ2v) is 7.31. The molecule has 148 valence electrons. The number of carbonyl (C=O) groups excluding carboxylic acids is 2. The highest BCUT2D eigenvalue weighted by Crippen LogP contribution is 2.35. The number of carboxylic acid groups (broad SMARTS) is 2. The summed E-state index contributed by atoms with van der Waals surface area (Å²) in [5.74, 6) is -4.17. The Morgan fingerprint density at radius 3 is 2.48 bits per heavy atom. The molecule has 0 spiro atoms. The lowest BCUT2D eigenvalue weighted by Gasteiger charge is -2.24. The Kier molecular flexibility index (Phi) is 5.59. The molecule has 2 atom stereocenters. The normalized spacial score (nSPS) is 21.1. The molecule has 0 bridgehead atoms. The van der Waals surface area contributed by atoms with E-state index in [-0.39, 0.29) is 18.8 Å². The van der Waals surface area contributed by atoms with Crippen LogP contribution in [0.4, 0.5) is 4.79 Å². The van der Waals surface area contributed by atoms with E-state index in [1.165, 1.54) is 5.01 Å². The van der Waals surface area contributed by atoms with E-state index in [0.717, 1.165) is 11.1 Å². The summed E-state index contributed by atoms with van der Waals surface area (Å²) in [6, 6.07) is -0.930. The molecule has 10 nitrogen and oxygen atoms in total. The van der Waals surface area contributed by atoms with Gasteiger partial charge in [-0.2, -0.15) is 0 Å². The van der Waals surface area contributed by atoms with Crippen LogP contribution >= 0.6 is 0 Å². The molecule has 2 aliphatic rings. The van der Waals surface area contributed by atoms with Gasteiger partial charge in [-0.25, -0.2) is 14.8 Å². The third-order valence-electron chi connectivity index (χ3n) is 4.00. The molecule has 1 saturated heterocycles. The molecule has 0 aromatic heterocycles. The lowest BCUT2D eigenvalue weighted by molar-refractivity contribution is -0.141. The fourth-order valence-corrected chi connectivity index (χ4v) is 3.08. The first-order valence-corrected chi connectivity index (χ1v) is 8.32. The third-order valence-corrected chi connectivity index (χ3v) is 4.00. The summed E-state index contributed by atoms with van der Waals surface area (Å²) in [6.07, 6.45) is -0.0134. The summed E-state index contributed by atoms with van der Waals surface area (Å²) in [6.45, 7) is 8.69. The number of hydrogen-bond donors (Lipinski definition) is 3. The largest absolute Gasteiger partial charge is 0.481 e. The number of nitrogens with zero attached hydrogens (tertiary/aromatic N) is 2. The Hall–Kier alpha value is -2.88. The van der Waals surface area contributed by atoms with Gasteiger partial charge in [-0.3, -0.25) is 14.4 Å². The van der Waals surface area contributed by atoms with Gasteiger partial charge in [0, 0.05) is 13.1 Å².